The summed E-state index contributed by atoms with van der Waals surface area (Å²) in [5.74, 6) is 0.000602. The fourth-order valence-electron chi connectivity index (χ4n) is 1.29. The Kier molecular flexibility index (Phi) is 5.80. The number of hydrogen-bond acceptors (Lipinski definition) is 2. The van der Waals surface area contributed by atoms with Crippen LogP contribution in [0.15, 0.2) is 22.7 Å². The Balaban J connectivity index is 2.42. The Hall–Kier alpha value is -0.580. The van der Waals surface area contributed by atoms with Crippen LogP contribution in [0.4, 0.5) is 0 Å². The van der Waals surface area contributed by atoms with Gasteiger partial charge >= 0.3 is 0 Å². The van der Waals surface area contributed by atoms with Gasteiger partial charge in [0.15, 0.2) is 0 Å². The molecule has 0 aliphatic carbocycles. The summed E-state index contributed by atoms with van der Waals surface area (Å²) in [5, 5.41) is 6.32. The van der Waals surface area contributed by atoms with Crippen LogP contribution in [-0.2, 0) is 11.2 Å². The van der Waals surface area contributed by atoms with E-state index in [0.717, 1.165) is 16.5 Å². The van der Waals surface area contributed by atoms with E-state index >= 15 is 0 Å². The molecule has 0 saturated heterocycles. The lowest BCUT2D eigenvalue weighted by Gasteiger charge is -2.07. The van der Waals surface area contributed by atoms with Gasteiger partial charge in [0.1, 0.15) is 0 Å². The molecule has 2 N–H and O–H groups in total. The molecule has 88 valence electrons. The minimum absolute atomic E-state index is 0.000602. The maximum atomic E-state index is 11.2. The molecule has 1 aromatic carbocycles. The lowest BCUT2D eigenvalue weighted by Crippen LogP contribution is -2.33. The highest BCUT2D eigenvalue weighted by Gasteiger charge is 2.02. The predicted molar refractivity (Wildman–Crippen MR) is 69.8 cm³/mol. The van der Waals surface area contributed by atoms with Crippen LogP contribution in [-0.4, -0.2) is 26.0 Å². The average Bonchev–Trinajstić information content (AvgIpc) is 2.23. The zero-order valence-corrected chi connectivity index (χ0v) is 11.4. The molecule has 0 saturated carbocycles. The molecule has 0 aliphatic rings. The summed E-state index contributed by atoms with van der Waals surface area (Å²) in [4.78, 5) is 11.2. The van der Waals surface area contributed by atoms with Gasteiger partial charge in [-0.3, -0.25) is 4.79 Å². The molecule has 0 heterocycles. The lowest BCUT2D eigenvalue weighted by atomic mass is 10.1. The van der Waals surface area contributed by atoms with Gasteiger partial charge in [-0.05, 0) is 37.2 Å². The number of likely N-dealkylation sites (N-methyl/N-ethyl adjacent to an activating group) is 1. The monoisotopic (exact) mass is 304 g/mol. The molecule has 0 aromatic heterocycles. The summed E-state index contributed by atoms with van der Waals surface area (Å²) in [5.41, 5.74) is 1.09. The predicted octanol–water partition coefficient (Wildman–Crippen LogP) is 1.98. The smallest absolute Gasteiger partial charge is 0.233 e. The Labute approximate surface area is 109 Å². The first kappa shape index (κ1) is 13.5. The number of halogens is 2. The molecule has 1 rings (SSSR count). The summed E-state index contributed by atoms with van der Waals surface area (Å²) >= 11 is 9.33. The van der Waals surface area contributed by atoms with Crippen molar-refractivity contribution < 1.29 is 4.79 Å². The minimum Gasteiger partial charge on any atom is -0.355 e. The molecular formula is C11H14BrClN2O. The van der Waals surface area contributed by atoms with Crippen molar-refractivity contribution in [3.63, 3.8) is 0 Å². The second-order valence-electron chi connectivity index (χ2n) is 3.37. The van der Waals surface area contributed by atoms with Crippen LogP contribution in [0.1, 0.15) is 5.56 Å². The van der Waals surface area contributed by atoms with E-state index in [2.05, 4.69) is 26.6 Å². The third-order valence-electron chi connectivity index (χ3n) is 2.06. The van der Waals surface area contributed by atoms with Crippen LogP contribution in [0.5, 0.6) is 0 Å². The lowest BCUT2D eigenvalue weighted by molar-refractivity contribution is -0.120. The van der Waals surface area contributed by atoms with E-state index in [1.165, 1.54) is 0 Å². The van der Waals surface area contributed by atoms with Gasteiger partial charge in [0.25, 0.3) is 0 Å². The van der Waals surface area contributed by atoms with Crippen LogP contribution in [0.2, 0.25) is 5.02 Å². The first-order chi connectivity index (χ1) is 7.63. The van der Waals surface area contributed by atoms with Gasteiger partial charge < -0.3 is 10.6 Å². The quantitative estimate of drug-likeness (QED) is 0.873. The summed E-state index contributed by atoms with van der Waals surface area (Å²) in [6.07, 6.45) is 0.761. The first-order valence-corrected chi connectivity index (χ1v) is 6.16. The van der Waals surface area contributed by atoms with Crippen molar-refractivity contribution in [2.75, 3.05) is 20.1 Å². The Morgan fingerprint density at radius 3 is 2.94 bits per heavy atom. The topological polar surface area (TPSA) is 41.1 Å². The summed E-state index contributed by atoms with van der Waals surface area (Å²) in [6.45, 7) is 0.955. The summed E-state index contributed by atoms with van der Waals surface area (Å²) < 4.78 is 1.01. The highest BCUT2D eigenvalue weighted by atomic mass is 79.9. The SMILES string of the molecule is CNCC(=O)NCCc1cc(Cl)ccc1Br. The fraction of sp³-hybridized carbons (Fsp3) is 0.364. The van der Waals surface area contributed by atoms with E-state index in [1.807, 2.05) is 18.2 Å². The molecule has 0 spiro atoms. The number of benzene rings is 1. The second kappa shape index (κ2) is 6.89. The van der Waals surface area contributed by atoms with Crippen molar-refractivity contribution in [1.82, 2.24) is 10.6 Å². The van der Waals surface area contributed by atoms with Crippen LogP contribution in [0, 0.1) is 0 Å². The third-order valence-corrected chi connectivity index (χ3v) is 3.07. The highest BCUT2D eigenvalue weighted by Crippen LogP contribution is 2.21. The molecule has 1 aromatic rings. The molecule has 0 radical (unpaired) electrons. The Morgan fingerprint density at radius 1 is 1.50 bits per heavy atom. The Morgan fingerprint density at radius 2 is 2.25 bits per heavy atom. The molecule has 5 heteroatoms. The first-order valence-electron chi connectivity index (χ1n) is 4.98. The molecule has 3 nitrogen and oxygen atoms in total. The Bertz CT molecular complexity index is 371. The van der Waals surface area contributed by atoms with Crippen LogP contribution in [0.3, 0.4) is 0 Å². The fourth-order valence-corrected chi connectivity index (χ4v) is 1.93. The number of carbonyl (C=O) groups is 1. The molecule has 0 atom stereocenters. The molecular weight excluding hydrogens is 291 g/mol. The van der Waals surface area contributed by atoms with Gasteiger partial charge in [-0.2, -0.15) is 0 Å². The van der Waals surface area contributed by atoms with Crippen molar-refractivity contribution in [3.05, 3.63) is 33.3 Å². The van der Waals surface area contributed by atoms with Crippen molar-refractivity contribution in [2.24, 2.45) is 0 Å². The zero-order chi connectivity index (χ0) is 12.0. The van der Waals surface area contributed by atoms with E-state index in [9.17, 15) is 4.79 Å². The van der Waals surface area contributed by atoms with E-state index in [-0.39, 0.29) is 5.91 Å². The maximum absolute atomic E-state index is 11.2. The van der Waals surface area contributed by atoms with Crippen molar-refractivity contribution >= 4 is 33.4 Å². The second-order valence-corrected chi connectivity index (χ2v) is 4.66. The third kappa shape index (κ3) is 4.51. The van der Waals surface area contributed by atoms with E-state index in [1.54, 1.807) is 7.05 Å². The molecule has 0 fully saturated rings. The average molecular weight is 306 g/mol. The number of nitrogens with one attached hydrogen (secondary N) is 2. The molecule has 0 aliphatic heterocycles. The number of amides is 1. The van der Waals surface area contributed by atoms with Crippen molar-refractivity contribution in [2.45, 2.75) is 6.42 Å². The van der Waals surface area contributed by atoms with Crippen molar-refractivity contribution in [3.8, 4) is 0 Å². The van der Waals surface area contributed by atoms with Gasteiger partial charge in [0.2, 0.25) is 5.91 Å². The molecule has 0 bridgehead atoms. The van der Waals surface area contributed by atoms with Gasteiger partial charge in [-0.1, -0.05) is 27.5 Å². The van der Waals surface area contributed by atoms with Crippen LogP contribution < -0.4 is 10.6 Å². The molecule has 0 unspecified atom stereocenters. The normalized spacial score (nSPS) is 10.2. The van der Waals surface area contributed by atoms with Gasteiger partial charge in [-0.15, -0.1) is 0 Å². The number of hydrogen-bond donors (Lipinski definition) is 2. The number of rotatable bonds is 5. The van der Waals surface area contributed by atoms with Crippen molar-refractivity contribution in [1.29, 1.82) is 0 Å². The summed E-state index contributed by atoms with van der Waals surface area (Å²) in [7, 11) is 1.74. The van der Waals surface area contributed by atoms with Gasteiger partial charge in [-0.25, -0.2) is 0 Å². The van der Waals surface area contributed by atoms with Crippen LogP contribution in [0.25, 0.3) is 0 Å². The number of carbonyl (C=O) groups excluding carboxylic acids is 1. The highest BCUT2D eigenvalue weighted by molar-refractivity contribution is 9.10. The van der Waals surface area contributed by atoms with E-state index in [0.29, 0.717) is 18.1 Å². The minimum atomic E-state index is 0.000602. The largest absolute Gasteiger partial charge is 0.355 e. The van der Waals surface area contributed by atoms with E-state index in [4.69, 9.17) is 11.6 Å². The molecule has 16 heavy (non-hydrogen) atoms. The van der Waals surface area contributed by atoms with Gasteiger partial charge in [0.05, 0.1) is 6.54 Å². The van der Waals surface area contributed by atoms with Gasteiger partial charge in [0, 0.05) is 16.0 Å². The van der Waals surface area contributed by atoms with E-state index < -0.39 is 0 Å². The summed E-state index contributed by atoms with van der Waals surface area (Å²) in [6, 6.07) is 5.64. The maximum Gasteiger partial charge on any atom is 0.233 e. The van der Waals surface area contributed by atoms with Crippen LogP contribution >= 0.6 is 27.5 Å². The standard InChI is InChI=1S/C11H14BrClN2O/c1-14-7-11(16)15-5-4-8-6-9(13)2-3-10(8)12/h2-3,6,14H,4-5,7H2,1H3,(H,15,16). The zero-order valence-electron chi connectivity index (χ0n) is 9.02. The molecule has 1 amide bonds.